The molecule has 0 radical (unpaired) electrons. The van der Waals surface area contributed by atoms with Gasteiger partial charge in [0.1, 0.15) is 0 Å². The molecule has 0 amide bonds. The van der Waals surface area contributed by atoms with Crippen LogP contribution >= 0.6 is 0 Å². The van der Waals surface area contributed by atoms with Gasteiger partial charge < -0.3 is 24.8 Å². The summed E-state index contributed by atoms with van der Waals surface area (Å²) in [7, 11) is 1.69. The lowest BCUT2D eigenvalue weighted by molar-refractivity contribution is 0.0143. The highest BCUT2D eigenvalue weighted by atomic mass is 16.5. The summed E-state index contributed by atoms with van der Waals surface area (Å²) in [5.41, 5.74) is 0. The molecule has 1 unspecified atom stereocenters. The molecule has 27 heavy (non-hydrogen) atoms. The van der Waals surface area contributed by atoms with E-state index in [-0.39, 0.29) is 0 Å². The molecule has 1 aliphatic rings. The van der Waals surface area contributed by atoms with E-state index in [0.717, 1.165) is 71.3 Å². The molecule has 0 bridgehead atoms. The minimum absolute atomic E-state index is 0.485. The van der Waals surface area contributed by atoms with E-state index in [1.807, 2.05) is 0 Å². The number of aliphatic imine (C=N–C) groups is 1. The van der Waals surface area contributed by atoms with Crippen LogP contribution in [0.3, 0.4) is 0 Å². The number of nitrogens with one attached hydrogen (secondary N) is 2. The molecule has 0 aliphatic carbocycles. The van der Waals surface area contributed by atoms with Gasteiger partial charge in [-0.1, -0.05) is 13.8 Å². The molecule has 0 aromatic carbocycles. The molecule has 1 fully saturated rings. The van der Waals surface area contributed by atoms with Crippen molar-refractivity contribution in [1.82, 2.24) is 15.5 Å². The monoisotopic (exact) mass is 386 g/mol. The van der Waals surface area contributed by atoms with Crippen molar-refractivity contribution in [3.63, 3.8) is 0 Å². The Hall–Kier alpha value is -0.890. The molecule has 0 aromatic rings. The minimum Gasteiger partial charge on any atom is -0.382 e. The van der Waals surface area contributed by atoms with E-state index >= 15 is 0 Å². The molecular formula is C20H42N4O3. The quantitative estimate of drug-likeness (QED) is 0.269. The van der Waals surface area contributed by atoms with E-state index in [1.165, 1.54) is 6.42 Å². The number of ether oxygens (including phenoxy) is 3. The maximum Gasteiger partial charge on any atom is 0.191 e. The molecule has 1 aliphatic heterocycles. The molecule has 0 aromatic heterocycles. The third-order valence-electron chi connectivity index (χ3n) is 4.55. The van der Waals surface area contributed by atoms with Crippen molar-refractivity contribution >= 4 is 5.96 Å². The second-order valence-electron chi connectivity index (χ2n) is 7.39. The summed E-state index contributed by atoms with van der Waals surface area (Å²) in [6, 6.07) is 0.485. The first kappa shape index (κ1) is 24.1. The molecule has 160 valence electrons. The lowest BCUT2D eigenvalue weighted by Gasteiger charge is -2.34. The second-order valence-corrected chi connectivity index (χ2v) is 7.39. The van der Waals surface area contributed by atoms with Crippen molar-refractivity contribution in [1.29, 1.82) is 0 Å². The lowest BCUT2D eigenvalue weighted by atomic mass is 10.0. The third kappa shape index (κ3) is 12.2. The summed E-state index contributed by atoms with van der Waals surface area (Å²) < 4.78 is 16.0. The number of guanidine groups is 1. The normalized spacial score (nSPS) is 17.3. The average Bonchev–Trinajstić information content (AvgIpc) is 2.67. The van der Waals surface area contributed by atoms with Crippen molar-refractivity contribution in [3.8, 4) is 0 Å². The molecule has 0 saturated carbocycles. The van der Waals surface area contributed by atoms with Crippen LogP contribution < -0.4 is 10.6 Å². The van der Waals surface area contributed by atoms with Crippen LogP contribution in [-0.2, 0) is 14.2 Å². The van der Waals surface area contributed by atoms with E-state index < -0.39 is 0 Å². The Morgan fingerprint density at radius 1 is 1.11 bits per heavy atom. The highest BCUT2D eigenvalue weighted by Gasteiger charge is 2.21. The first-order valence-corrected chi connectivity index (χ1v) is 10.6. The number of morpholine rings is 1. The van der Waals surface area contributed by atoms with Gasteiger partial charge in [-0.05, 0) is 32.1 Å². The van der Waals surface area contributed by atoms with Gasteiger partial charge in [-0.25, -0.2) is 0 Å². The number of hydrogen-bond acceptors (Lipinski definition) is 5. The summed E-state index contributed by atoms with van der Waals surface area (Å²) in [6.45, 7) is 15.1. The topological polar surface area (TPSA) is 67.4 Å². The maximum absolute atomic E-state index is 5.51. The van der Waals surface area contributed by atoms with Crippen LogP contribution in [0.4, 0.5) is 0 Å². The van der Waals surface area contributed by atoms with Gasteiger partial charge in [-0.3, -0.25) is 9.89 Å². The fourth-order valence-corrected chi connectivity index (χ4v) is 3.14. The van der Waals surface area contributed by atoms with E-state index in [0.29, 0.717) is 25.2 Å². The summed E-state index contributed by atoms with van der Waals surface area (Å²) in [5, 5.41) is 6.81. The van der Waals surface area contributed by atoms with Crippen molar-refractivity contribution in [3.05, 3.63) is 0 Å². The average molecular weight is 387 g/mol. The van der Waals surface area contributed by atoms with Gasteiger partial charge in [-0.15, -0.1) is 0 Å². The molecule has 7 heteroatoms. The van der Waals surface area contributed by atoms with Crippen molar-refractivity contribution in [2.24, 2.45) is 10.9 Å². The van der Waals surface area contributed by atoms with Crippen LogP contribution in [0.25, 0.3) is 0 Å². The third-order valence-corrected chi connectivity index (χ3v) is 4.55. The Balaban J connectivity index is 2.37. The Morgan fingerprint density at radius 3 is 2.56 bits per heavy atom. The van der Waals surface area contributed by atoms with E-state index in [2.05, 4.69) is 36.3 Å². The van der Waals surface area contributed by atoms with Crippen LogP contribution in [0.5, 0.6) is 0 Å². The number of methoxy groups -OCH3 is 1. The molecule has 1 saturated heterocycles. The summed E-state index contributed by atoms with van der Waals surface area (Å²) in [5.74, 6) is 1.58. The second kappa shape index (κ2) is 16.1. The van der Waals surface area contributed by atoms with Gasteiger partial charge in [0, 0.05) is 45.9 Å². The zero-order chi connectivity index (χ0) is 19.7. The molecule has 0 spiro atoms. The van der Waals surface area contributed by atoms with E-state index in [9.17, 15) is 0 Å². The Kier molecular flexibility index (Phi) is 14.4. The Bertz CT molecular complexity index is 374. The number of rotatable bonds is 14. The molecule has 1 rings (SSSR count). The fraction of sp³-hybridized carbons (Fsp3) is 0.950. The molecular weight excluding hydrogens is 344 g/mol. The molecule has 1 atom stereocenters. The number of unbranched alkanes of at least 4 members (excludes halogenated alkanes) is 1. The summed E-state index contributed by atoms with van der Waals surface area (Å²) >= 11 is 0. The first-order valence-electron chi connectivity index (χ1n) is 10.6. The summed E-state index contributed by atoms with van der Waals surface area (Å²) in [6.07, 6.45) is 3.28. The van der Waals surface area contributed by atoms with Crippen LogP contribution in [0.15, 0.2) is 4.99 Å². The van der Waals surface area contributed by atoms with Crippen LogP contribution in [0.1, 0.15) is 40.0 Å². The first-order chi connectivity index (χ1) is 13.2. The van der Waals surface area contributed by atoms with Gasteiger partial charge in [0.25, 0.3) is 0 Å². The predicted molar refractivity (Wildman–Crippen MR) is 112 cm³/mol. The minimum atomic E-state index is 0.485. The van der Waals surface area contributed by atoms with Gasteiger partial charge >= 0.3 is 0 Å². The van der Waals surface area contributed by atoms with Crippen molar-refractivity contribution in [2.75, 3.05) is 72.9 Å². The summed E-state index contributed by atoms with van der Waals surface area (Å²) in [4.78, 5) is 7.40. The molecule has 7 nitrogen and oxygen atoms in total. The van der Waals surface area contributed by atoms with Gasteiger partial charge in [0.15, 0.2) is 5.96 Å². The van der Waals surface area contributed by atoms with E-state index in [1.54, 1.807) is 7.11 Å². The van der Waals surface area contributed by atoms with Crippen LogP contribution in [-0.4, -0.2) is 89.8 Å². The Morgan fingerprint density at radius 2 is 1.89 bits per heavy atom. The molecule has 1 heterocycles. The highest BCUT2D eigenvalue weighted by Crippen LogP contribution is 2.14. The standard InChI is InChI=1S/C20H42N4O3/c1-5-21-20(22-8-6-7-11-26-15-14-25-4)23-17-19(16-18(2)3)24-9-12-27-13-10-24/h18-19H,5-17H2,1-4H3,(H2,21,22,23). The van der Waals surface area contributed by atoms with E-state index in [4.69, 9.17) is 19.2 Å². The van der Waals surface area contributed by atoms with Gasteiger partial charge in [0.2, 0.25) is 0 Å². The van der Waals surface area contributed by atoms with Crippen molar-refractivity contribution in [2.45, 2.75) is 46.1 Å². The number of nitrogens with zero attached hydrogens (tertiary/aromatic N) is 2. The highest BCUT2D eigenvalue weighted by molar-refractivity contribution is 5.79. The SMILES string of the molecule is CCNC(=NCC(CC(C)C)N1CCOCC1)NCCCCOCCOC. The number of hydrogen-bond donors (Lipinski definition) is 2. The zero-order valence-electron chi connectivity index (χ0n) is 18.0. The van der Waals surface area contributed by atoms with Crippen LogP contribution in [0.2, 0.25) is 0 Å². The fourth-order valence-electron chi connectivity index (χ4n) is 3.14. The maximum atomic E-state index is 5.51. The Labute approximate surface area is 166 Å². The smallest absolute Gasteiger partial charge is 0.191 e. The largest absolute Gasteiger partial charge is 0.382 e. The zero-order valence-corrected chi connectivity index (χ0v) is 18.0. The van der Waals surface area contributed by atoms with Gasteiger partial charge in [0.05, 0.1) is 33.0 Å². The van der Waals surface area contributed by atoms with Crippen LogP contribution in [0, 0.1) is 5.92 Å². The van der Waals surface area contributed by atoms with Crippen molar-refractivity contribution < 1.29 is 14.2 Å². The molecule has 2 N–H and O–H groups in total. The van der Waals surface area contributed by atoms with Gasteiger partial charge in [-0.2, -0.15) is 0 Å². The lowest BCUT2D eigenvalue weighted by Crippen LogP contribution is -2.46. The predicted octanol–water partition coefficient (Wildman–Crippen LogP) is 1.73.